The number of nitrogen functional groups attached to an aromatic ring is 1. The van der Waals surface area contributed by atoms with E-state index < -0.39 is 23.6 Å². The zero-order valence-electron chi connectivity index (χ0n) is 17.4. The quantitative estimate of drug-likeness (QED) is 0.418. The number of nitrogens with zero attached hydrogens (tertiary/aromatic N) is 1. The van der Waals surface area contributed by atoms with Gasteiger partial charge in [0.05, 0.1) is 17.7 Å². The summed E-state index contributed by atoms with van der Waals surface area (Å²) in [5.74, 6) is -1.29. The third-order valence-electron chi connectivity index (χ3n) is 5.50. The first-order valence-electron chi connectivity index (χ1n) is 10.3. The van der Waals surface area contributed by atoms with Crippen LogP contribution < -0.4 is 21.7 Å². The molecular formula is C22H22F3N5O3. The molecule has 11 heteroatoms. The normalized spacial score (nSPS) is 18.4. The molecule has 0 bridgehead atoms. The fourth-order valence-corrected chi connectivity index (χ4v) is 3.86. The van der Waals surface area contributed by atoms with Crippen LogP contribution in [0.15, 0.2) is 47.2 Å². The van der Waals surface area contributed by atoms with Gasteiger partial charge in [0, 0.05) is 24.3 Å². The topological polar surface area (TPSA) is 122 Å². The van der Waals surface area contributed by atoms with Crippen LogP contribution in [0.3, 0.4) is 0 Å². The Morgan fingerprint density at radius 1 is 1.21 bits per heavy atom. The van der Waals surface area contributed by atoms with Crippen molar-refractivity contribution in [2.45, 2.75) is 31.1 Å². The molecule has 0 aliphatic carbocycles. The van der Waals surface area contributed by atoms with Crippen LogP contribution in [0, 0.1) is 0 Å². The Kier molecular flexibility index (Phi) is 6.23. The number of fused-ring (bicyclic) bond motifs is 1. The van der Waals surface area contributed by atoms with E-state index in [4.69, 9.17) is 10.2 Å². The third kappa shape index (κ3) is 5.43. The van der Waals surface area contributed by atoms with Crippen molar-refractivity contribution in [2.24, 2.45) is 0 Å². The third-order valence-corrected chi connectivity index (χ3v) is 5.50. The second-order valence-electron chi connectivity index (χ2n) is 7.95. The van der Waals surface area contributed by atoms with Gasteiger partial charge >= 0.3 is 6.18 Å². The minimum Gasteiger partial charge on any atom is -0.443 e. The highest BCUT2D eigenvalue weighted by atomic mass is 19.4. The van der Waals surface area contributed by atoms with Crippen LogP contribution in [0.25, 0.3) is 11.1 Å². The van der Waals surface area contributed by atoms with Crippen LogP contribution in [0.2, 0.25) is 0 Å². The maximum absolute atomic E-state index is 12.9. The van der Waals surface area contributed by atoms with E-state index in [1.54, 1.807) is 0 Å². The Hall–Kier alpha value is -3.60. The first-order chi connectivity index (χ1) is 15.7. The molecule has 1 aliphatic rings. The van der Waals surface area contributed by atoms with Crippen LogP contribution in [0.4, 0.5) is 18.9 Å². The molecule has 1 aliphatic heterocycles. The van der Waals surface area contributed by atoms with Gasteiger partial charge in [0.15, 0.2) is 12.0 Å². The average molecular weight is 461 g/mol. The number of nitrogens with two attached hydrogens (primary N) is 1. The summed E-state index contributed by atoms with van der Waals surface area (Å²) in [4.78, 5) is 28.6. The fraction of sp³-hybridized carbons (Fsp3) is 0.318. The molecule has 1 saturated heterocycles. The molecule has 0 radical (unpaired) electrons. The van der Waals surface area contributed by atoms with Crippen molar-refractivity contribution in [1.82, 2.24) is 20.9 Å². The van der Waals surface area contributed by atoms with Gasteiger partial charge in [-0.1, -0.05) is 6.07 Å². The van der Waals surface area contributed by atoms with Crippen molar-refractivity contribution < 1.29 is 27.2 Å². The number of benzene rings is 2. The predicted molar refractivity (Wildman–Crippen MR) is 114 cm³/mol. The summed E-state index contributed by atoms with van der Waals surface area (Å²) in [6, 6.07) is 8.30. The van der Waals surface area contributed by atoms with Crippen LogP contribution in [0.1, 0.15) is 27.9 Å². The monoisotopic (exact) mass is 461 g/mol. The second kappa shape index (κ2) is 9.10. The molecule has 2 amide bonds. The molecule has 2 aromatic carbocycles. The number of nitrogens with one attached hydrogen (secondary N) is 3. The van der Waals surface area contributed by atoms with Crippen LogP contribution >= 0.6 is 0 Å². The Labute approximate surface area is 186 Å². The zero-order chi connectivity index (χ0) is 23.6. The van der Waals surface area contributed by atoms with Crippen molar-refractivity contribution in [3.8, 4) is 0 Å². The van der Waals surface area contributed by atoms with E-state index in [0.29, 0.717) is 19.0 Å². The van der Waals surface area contributed by atoms with Gasteiger partial charge in [0.1, 0.15) is 5.52 Å². The number of rotatable bonds is 6. The van der Waals surface area contributed by atoms with Gasteiger partial charge in [-0.2, -0.15) is 13.2 Å². The Balaban J connectivity index is 1.26. The molecule has 33 heavy (non-hydrogen) atoms. The smallest absolute Gasteiger partial charge is 0.416 e. The van der Waals surface area contributed by atoms with Crippen molar-refractivity contribution in [3.05, 3.63) is 59.5 Å². The van der Waals surface area contributed by atoms with Crippen molar-refractivity contribution in [3.63, 3.8) is 0 Å². The number of amides is 2. The predicted octanol–water partition coefficient (Wildman–Crippen LogP) is 2.25. The van der Waals surface area contributed by atoms with E-state index in [2.05, 4.69) is 20.9 Å². The highest BCUT2D eigenvalue weighted by molar-refractivity contribution is 6.00. The van der Waals surface area contributed by atoms with Crippen molar-refractivity contribution in [2.75, 3.05) is 18.8 Å². The summed E-state index contributed by atoms with van der Waals surface area (Å²) >= 11 is 0. The van der Waals surface area contributed by atoms with Crippen LogP contribution in [-0.2, 0) is 17.4 Å². The molecule has 3 aromatic rings. The first-order valence-corrected chi connectivity index (χ1v) is 10.3. The van der Waals surface area contributed by atoms with E-state index in [-0.39, 0.29) is 29.9 Å². The number of carbonyl (C=O) groups is 2. The molecule has 4 rings (SSSR count). The summed E-state index contributed by atoms with van der Waals surface area (Å²) in [7, 11) is 0. The highest BCUT2D eigenvalue weighted by Crippen LogP contribution is 2.31. The summed E-state index contributed by atoms with van der Waals surface area (Å²) in [6.45, 7) is 0.190. The lowest BCUT2D eigenvalue weighted by Gasteiger charge is -2.14. The zero-order valence-corrected chi connectivity index (χ0v) is 17.4. The Morgan fingerprint density at radius 2 is 2.03 bits per heavy atom. The maximum Gasteiger partial charge on any atom is 0.416 e. The van der Waals surface area contributed by atoms with E-state index in [1.807, 2.05) is 18.2 Å². The summed E-state index contributed by atoms with van der Waals surface area (Å²) in [5, 5.41) is 8.50. The maximum atomic E-state index is 12.9. The van der Waals surface area contributed by atoms with E-state index in [1.165, 1.54) is 6.39 Å². The minimum atomic E-state index is -4.60. The number of hydrogen-bond donors (Lipinski definition) is 4. The summed E-state index contributed by atoms with van der Waals surface area (Å²) in [6.07, 6.45) is -1.77. The number of aromatic nitrogens is 1. The number of halogens is 3. The van der Waals surface area contributed by atoms with Gasteiger partial charge in [0.2, 0.25) is 5.91 Å². The van der Waals surface area contributed by atoms with Crippen LogP contribution in [-0.4, -0.2) is 42.0 Å². The molecule has 174 valence electrons. The SMILES string of the molecule is Nc1ccc(C(F)(F)F)cc1C(=O)NCC(=O)NC1CNC(Cc2ccc3ocnc3c2)C1. The van der Waals surface area contributed by atoms with Gasteiger partial charge in [-0.15, -0.1) is 0 Å². The van der Waals surface area contributed by atoms with E-state index >= 15 is 0 Å². The van der Waals surface area contributed by atoms with E-state index in [0.717, 1.165) is 35.2 Å². The number of alkyl halides is 3. The van der Waals surface area contributed by atoms with Gasteiger partial charge in [-0.05, 0) is 48.7 Å². The first kappa shape index (κ1) is 22.6. The molecular weight excluding hydrogens is 439 g/mol. The Morgan fingerprint density at radius 3 is 2.82 bits per heavy atom. The van der Waals surface area contributed by atoms with Gasteiger partial charge in [-0.25, -0.2) is 4.98 Å². The number of hydrogen-bond acceptors (Lipinski definition) is 6. The lowest BCUT2D eigenvalue weighted by Crippen LogP contribution is -2.42. The second-order valence-corrected chi connectivity index (χ2v) is 7.95. The van der Waals surface area contributed by atoms with Crippen LogP contribution in [0.5, 0.6) is 0 Å². The largest absolute Gasteiger partial charge is 0.443 e. The lowest BCUT2D eigenvalue weighted by atomic mass is 10.0. The molecule has 2 heterocycles. The fourth-order valence-electron chi connectivity index (χ4n) is 3.86. The molecule has 5 N–H and O–H groups in total. The Bertz CT molecular complexity index is 1180. The van der Waals surface area contributed by atoms with Gasteiger partial charge in [0.25, 0.3) is 5.91 Å². The number of oxazole rings is 1. The molecule has 1 aromatic heterocycles. The number of anilines is 1. The average Bonchev–Trinajstić information content (AvgIpc) is 3.40. The standard InChI is InChI=1S/C22H22F3N5O3/c23-22(24,25)13-2-3-17(26)16(7-13)21(32)28-10-20(31)30-15-8-14(27-9-15)5-12-1-4-19-18(6-12)29-11-33-19/h1-4,6-7,11,14-15,27H,5,8-10,26H2,(H,28,32)(H,30,31). The summed E-state index contributed by atoms with van der Waals surface area (Å²) < 4.78 is 43.9. The summed E-state index contributed by atoms with van der Waals surface area (Å²) in [5.41, 5.74) is 6.80. The molecule has 2 atom stereocenters. The molecule has 0 saturated carbocycles. The van der Waals surface area contributed by atoms with Crippen molar-refractivity contribution in [1.29, 1.82) is 0 Å². The molecule has 2 unspecified atom stereocenters. The lowest BCUT2D eigenvalue weighted by molar-refractivity contribution is -0.137. The number of carbonyl (C=O) groups excluding carboxylic acids is 2. The van der Waals surface area contributed by atoms with Gasteiger partial charge < -0.3 is 26.1 Å². The molecule has 0 spiro atoms. The molecule has 1 fully saturated rings. The molecule has 8 nitrogen and oxygen atoms in total. The van der Waals surface area contributed by atoms with E-state index in [9.17, 15) is 22.8 Å². The highest BCUT2D eigenvalue weighted by Gasteiger charge is 2.31. The van der Waals surface area contributed by atoms with Gasteiger partial charge in [-0.3, -0.25) is 9.59 Å². The minimum absolute atomic E-state index is 0.104. The van der Waals surface area contributed by atoms with Crippen molar-refractivity contribution >= 4 is 28.6 Å².